The van der Waals surface area contributed by atoms with Crippen molar-refractivity contribution < 1.29 is 9.84 Å². The number of aliphatic hydroxyl groups is 1. The highest BCUT2D eigenvalue weighted by atomic mass is 16.5. The molecule has 124 valence electrons. The summed E-state index contributed by atoms with van der Waals surface area (Å²) in [4.78, 5) is 2.39. The van der Waals surface area contributed by atoms with Crippen molar-refractivity contribution >= 4 is 0 Å². The summed E-state index contributed by atoms with van der Waals surface area (Å²) < 4.78 is 5.71. The lowest BCUT2D eigenvalue weighted by Gasteiger charge is -2.41. The highest BCUT2D eigenvalue weighted by Gasteiger charge is 2.39. The van der Waals surface area contributed by atoms with Crippen molar-refractivity contribution in [2.45, 2.75) is 70.6 Å². The van der Waals surface area contributed by atoms with Crippen LogP contribution in [0.15, 0.2) is 0 Å². The van der Waals surface area contributed by atoms with Crippen LogP contribution in [-0.4, -0.2) is 61.0 Å². The molecule has 1 heterocycles. The van der Waals surface area contributed by atoms with Crippen molar-refractivity contribution in [3.05, 3.63) is 0 Å². The molecule has 2 N–H and O–H groups in total. The van der Waals surface area contributed by atoms with Crippen molar-refractivity contribution in [1.29, 1.82) is 0 Å². The fourth-order valence-electron chi connectivity index (χ4n) is 3.67. The molecule has 2 aliphatic rings. The van der Waals surface area contributed by atoms with Crippen molar-refractivity contribution in [2.24, 2.45) is 5.41 Å². The Morgan fingerprint density at radius 3 is 2.57 bits per heavy atom. The van der Waals surface area contributed by atoms with E-state index in [1.165, 1.54) is 12.8 Å². The van der Waals surface area contributed by atoms with E-state index in [9.17, 15) is 5.11 Å². The van der Waals surface area contributed by atoms with Gasteiger partial charge in [0.05, 0.1) is 12.7 Å². The molecule has 1 aliphatic carbocycles. The van der Waals surface area contributed by atoms with Gasteiger partial charge in [0.15, 0.2) is 0 Å². The summed E-state index contributed by atoms with van der Waals surface area (Å²) in [7, 11) is 2.18. The van der Waals surface area contributed by atoms with Crippen LogP contribution in [0.25, 0.3) is 0 Å². The number of likely N-dealkylation sites (N-methyl/N-ethyl adjacent to an activating group) is 1. The molecule has 4 nitrogen and oxygen atoms in total. The van der Waals surface area contributed by atoms with Crippen molar-refractivity contribution in [3.8, 4) is 0 Å². The third-order valence-corrected chi connectivity index (χ3v) is 5.02. The first-order valence-corrected chi connectivity index (χ1v) is 8.52. The van der Waals surface area contributed by atoms with Crippen molar-refractivity contribution in [2.75, 3.05) is 33.4 Å². The van der Waals surface area contributed by atoms with Gasteiger partial charge in [0.1, 0.15) is 0 Å². The third kappa shape index (κ3) is 4.92. The molecular weight excluding hydrogens is 264 g/mol. The van der Waals surface area contributed by atoms with Crippen LogP contribution in [0.5, 0.6) is 0 Å². The van der Waals surface area contributed by atoms with Crippen LogP contribution < -0.4 is 5.32 Å². The van der Waals surface area contributed by atoms with E-state index in [1.54, 1.807) is 0 Å². The maximum Gasteiger partial charge on any atom is 0.0695 e. The van der Waals surface area contributed by atoms with Gasteiger partial charge in [0.2, 0.25) is 0 Å². The topological polar surface area (TPSA) is 44.7 Å². The number of rotatable bonds is 5. The number of nitrogens with zero attached hydrogens (tertiary/aromatic N) is 1. The molecule has 2 fully saturated rings. The van der Waals surface area contributed by atoms with Crippen LogP contribution in [0.4, 0.5) is 0 Å². The summed E-state index contributed by atoms with van der Waals surface area (Å²) in [6, 6.07) is 0.325. The van der Waals surface area contributed by atoms with Gasteiger partial charge in [-0.3, -0.25) is 0 Å². The fraction of sp³-hybridized carbons (Fsp3) is 1.00. The van der Waals surface area contributed by atoms with Crippen LogP contribution in [0.2, 0.25) is 0 Å². The first-order valence-electron chi connectivity index (χ1n) is 8.52. The average molecular weight is 298 g/mol. The number of hydrogen-bond donors (Lipinski definition) is 2. The standard InChI is InChI=1S/C17H34N2O2/c1-16(2,3)18-11-17(9-10-21-13-17)12-19(4)14-7-5-6-8-15(14)20/h14-15,18,20H,5-13H2,1-4H3. The Labute approximate surface area is 130 Å². The zero-order valence-corrected chi connectivity index (χ0v) is 14.3. The Bertz CT molecular complexity index is 321. The Morgan fingerprint density at radius 2 is 2.00 bits per heavy atom. The predicted octanol–water partition coefficient (Wildman–Crippen LogP) is 2.02. The quantitative estimate of drug-likeness (QED) is 0.815. The van der Waals surface area contributed by atoms with Crippen LogP contribution >= 0.6 is 0 Å². The molecule has 1 aliphatic heterocycles. The minimum absolute atomic E-state index is 0.137. The molecule has 0 bridgehead atoms. The molecule has 3 atom stereocenters. The Balaban J connectivity index is 1.95. The monoisotopic (exact) mass is 298 g/mol. The molecule has 1 saturated carbocycles. The maximum absolute atomic E-state index is 10.3. The van der Waals surface area contributed by atoms with E-state index in [2.05, 4.69) is 38.0 Å². The summed E-state index contributed by atoms with van der Waals surface area (Å²) in [6.45, 7) is 10.3. The lowest BCUT2D eigenvalue weighted by Crippen LogP contribution is -2.52. The maximum atomic E-state index is 10.3. The molecule has 0 aromatic heterocycles. The number of aliphatic hydroxyl groups excluding tert-OH is 1. The number of hydrogen-bond acceptors (Lipinski definition) is 4. The molecule has 0 aromatic carbocycles. The SMILES string of the molecule is CN(CC1(CNC(C)(C)C)CCOC1)C1CCCCC1O. The molecule has 4 heteroatoms. The van der Waals surface area contributed by atoms with Crippen LogP contribution in [-0.2, 0) is 4.74 Å². The van der Waals surface area contributed by atoms with Crippen molar-refractivity contribution in [1.82, 2.24) is 10.2 Å². The van der Waals surface area contributed by atoms with E-state index in [-0.39, 0.29) is 17.1 Å². The largest absolute Gasteiger partial charge is 0.391 e. The first-order chi connectivity index (χ1) is 9.81. The summed E-state index contributed by atoms with van der Waals surface area (Å²) in [5.74, 6) is 0. The van der Waals surface area contributed by atoms with Gasteiger partial charge in [-0.15, -0.1) is 0 Å². The Hall–Kier alpha value is -0.160. The number of nitrogens with one attached hydrogen (secondary N) is 1. The van der Waals surface area contributed by atoms with Gasteiger partial charge in [0, 0.05) is 36.7 Å². The minimum Gasteiger partial charge on any atom is -0.391 e. The van der Waals surface area contributed by atoms with E-state index >= 15 is 0 Å². The van der Waals surface area contributed by atoms with Gasteiger partial charge >= 0.3 is 0 Å². The fourth-order valence-corrected chi connectivity index (χ4v) is 3.67. The Morgan fingerprint density at radius 1 is 1.29 bits per heavy atom. The van der Waals surface area contributed by atoms with Crippen molar-refractivity contribution in [3.63, 3.8) is 0 Å². The van der Waals surface area contributed by atoms with Crippen LogP contribution in [0, 0.1) is 5.41 Å². The zero-order valence-electron chi connectivity index (χ0n) is 14.3. The summed E-state index contributed by atoms with van der Waals surface area (Å²) >= 11 is 0. The molecule has 1 saturated heterocycles. The van der Waals surface area contributed by atoms with Gasteiger partial charge in [-0.1, -0.05) is 12.8 Å². The van der Waals surface area contributed by atoms with Gasteiger partial charge in [-0.25, -0.2) is 0 Å². The normalized spacial score (nSPS) is 34.6. The zero-order chi connectivity index (χ0) is 15.5. The van der Waals surface area contributed by atoms with Crippen LogP contribution in [0.1, 0.15) is 52.9 Å². The Kier molecular flexibility index (Phi) is 5.69. The van der Waals surface area contributed by atoms with E-state index in [4.69, 9.17) is 4.74 Å². The highest BCUT2D eigenvalue weighted by molar-refractivity contribution is 4.92. The van der Waals surface area contributed by atoms with Gasteiger partial charge in [-0.2, -0.15) is 0 Å². The average Bonchev–Trinajstić information content (AvgIpc) is 2.85. The molecular formula is C17H34N2O2. The molecule has 0 amide bonds. The second-order valence-electron chi connectivity index (χ2n) is 8.24. The van der Waals surface area contributed by atoms with Gasteiger partial charge < -0.3 is 20.1 Å². The number of ether oxygens (including phenoxy) is 1. The highest BCUT2D eigenvalue weighted by Crippen LogP contribution is 2.32. The second kappa shape index (κ2) is 6.95. The molecule has 21 heavy (non-hydrogen) atoms. The van der Waals surface area contributed by atoms with Gasteiger partial charge in [-0.05, 0) is 47.1 Å². The molecule has 2 rings (SSSR count). The lowest BCUT2D eigenvalue weighted by atomic mass is 9.83. The van der Waals surface area contributed by atoms with Gasteiger partial charge in [0.25, 0.3) is 0 Å². The molecule has 3 unspecified atom stereocenters. The summed E-state index contributed by atoms with van der Waals surface area (Å²) in [6.07, 6.45) is 5.46. The second-order valence-corrected chi connectivity index (χ2v) is 8.24. The lowest BCUT2D eigenvalue weighted by molar-refractivity contribution is 0.00851. The van der Waals surface area contributed by atoms with E-state index in [0.717, 1.165) is 45.6 Å². The third-order valence-electron chi connectivity index (χ3n) is 5.02. The van der Waals surface area contributed by atoms with Crippen LogP contribution in [0.3, 0.4) is 0 Å². The summed E-state index contributed by atoms with van der Waals surface area (Å²) in [5, 5.41) is 13.9. The smallest absolute Gasteiger partial charge is 0.0695 e. The summed E-state index contributed by atoms with van der Waals surface area (Å²) in [5.41, 5.74) is 0.331. The van der Waals surface area contributed by atoms with E-state index in [0.29, 0.717) is 6.04 Å². The molecule has 0 spiro atoms. The minimum atomic E-state index is -0.154. The molecule has 0 radical (unpaired) electrons. The van der Waals surface area contributed by atoms with E-state index < -0.39 is 0 Å². The molecule has 0 aromatic rings. The predicted molar refractivity (Wildman–Crippen MR) is 86.5 cm³/mol. The van der Waals surface area contributed by atoms with E-state index in [1.807, 2.05) is 0 Å². The first kappa shape index (κ1) is 17.2.